The molecule has 0 radical (unpaired) electrons. The molecule has 2 aromatic rings. The fraction of sp³-hybridized carbons (Fsp3) is 0.438. The van der Waals surface area contributed by atoms with Gasteiger partial charge in [0.1, 0.15) is 5.82 Å². The number of halogens is 1. The van der Waals surface area contributed by atoms with E-state index < -0.39 is 0 Å². The van der Waals surface area contributed by atoms with Crippen LogP contribution in [0.1, 0.15) is 31.5 Å². The molecule has 5 nitrogen and oxygen atoms in total. The lowest BCUT2D eigenvalue weighted by Crippen LogP contribution is -2.36. The van der Waals surface area contributed by atoms with E-state index in [1.807, 2.05) is 0 Å². The summed E-state index contributed by atoms with van der Waals surface area (Å²) < 4.78 is 0. The number of aromatic nitrogens is 2. The van der Waals surface area contributed by atoms with Crippen LogP contribution in [0.4, 0.5) is 0 Å². The topological polar surface area (TPSA) is 70.1 Å². The van der Waals surface area contributed by atoms with Gasteiger partial charge in [0.25, 0.3) is 5.56 Å². The van der Waals surface area contributed by atoms with Crippen LogP contribution in [-0.2, 0) is 5.75 Å². The molecule has 7 heteroatoms. The highest BCUT2D eigenvalue weighted by Gasteiger charge is 2.30. The molecule has 1 fully saturated rings. The molecule has 2 aliphatic rings. The first-order valence-electron chi connectivity index (χ1n) is 7.85. The third-order valence-electron chi connectivity index (χ3n) is 4.38. The molecule has 0 spiro atoms. The molecule has 0 bridgehead atoms. The average molecular weight is 349 g/mol. The molecule has 0 saturated heterocycles. The van der Waals surface area contributed by atoms with Gasteiger partial charge >= 0.3 is 0 Å². The molecule has 1 aliphatic heterocycles. The molecule has 1 aromatic heterocycles. The summed E-state index contributed by atoms with van der Waals surface area (Å²) in [5.41, 5.74) is 0.520. The molecule has 1 aromatic carbocycles. The standard InChI is InChI=1S/C16H17ClN4OS/c17-9-5-6-11-10(7-9)15(22)21-14(18-11)8-23-16-19-12-3-1-2-4-13(12)20-16/h5-7,12-13H,1-4,8H2,(H,19,20)(H,18,21,22). The summed E-state index contributed by atoms with van der Waals surface area (Å²) >= 11 is 7.53. The Bertz CT molecular complexity index is 834. The average Bonchev–Trinajstić information content (AvgIpc) is 2.96. The summed E-state index contributed by atoms with van der Waals surface area (Å²) in [6.45, 7) is 0. The lowest BCUT2D eigenvalue weighted by molar-refractivity contribution is 0.385. The number of fused-ring (bicyclic) bond motifs is 2. The van der Waals surface area contributed by atoms with Crippen molar-refractivity contribution in [3.8, 4) is 0 Å². The molecule has 0 amide bonds. The normalized spacial score (nSPS) is 23.4. The van der Waals surface area contributed by atoms with Crippen LogP contribution >= 0.6 is 23.4 Å². The number of H-pyrrole nitrogens is 1. The van der Waals surface area contributed by atoms with Crippen molar-refractivity contribution in [2.45, 2.75) is 43.5 Å². The molecule has 1 aliphatic carbocycles. The maximum atomic E-state index is 12.1. The number of hydrogen-bond acceptors (Lipinski definition) is 5. The van der Waals surface area contributed by atoms with Gasteiger partial charge < -0.3 is 10.3 Å². The first-order valence-corrected chi connectivity index (χ1v) is 9.21. The Morgan fingerprint density at radius 2 is 2.17 bits per heavy atom. The van der Waals surface area contributed by atoms with Crippen LogP contribution in [0.3, 0.4) is 0 Å². The predicted octanol–water partition coefficient (Wildman–Crippen LogP) is 3.08. The summed E-state index contributed by atoms with van der Waals surface area (Å²) in [6.07, 6.45) is 4.92. The van der Waals surface area contributed by atoms with Gasteiger partial charge in [0.15, 0.2) is 5.17 Å². The lowest BCUT2D eigenvalue weighted by atomic mass is 9.92. The van der Waals surface area contributed by atoms with Crippen molar-refractivity contribution in [3.63, 3.8) is 0 Å². The van der Waals surface area contributed by atoms with E-state index in [2.05, 4.69) is 15.3 Å². The number of aliphatic imine (C=N–C) groups is 1. The molecular formula is C16H17ClN4OS. The van der Waals surface area contributed by atoms with E-state index >= 15 is 0 Å². The SMILES string of the molecule is O=c1[nH]c(CSC2=NC3CCCCC3N2)nc2ccc(Cl)cc12. The third kappa shape index (κ3) is 3.10. The molecule has 2 heterocycles. The van der Waals surface area contributed by atoms with Crippen LogP contribution in [0.5, 0.6) is 0 Å². The van der Waals surface area contributed by atoms with E-state index in [0.29, 0.717) is 39.6 Å². The van der Waals surface area contributed by atoms with Crippen LogP contribution in [0.25, 0.3) is 10.9 Å². The van der Waals surface area contributed by atoms with Gasteiger partial charge in [0, 0.05) is 5.02 Å². The monoisotopic (exact) mass is 348 g/mol. The molecular weight excluding hydrogens is 332 g/mol. The summed E-state index contributed by atoms with van der Waals surface area (Å²) in [6, 6.07) is 6.10. The van der Waals surface area contributed by atoms with Crippen molar-refractivity contribution >= 4 is 39.4 Å². The van der Waals surface area contributed by atoms with Gasteiger partial charge in [-0.1, -0.05) is 36.2 Å². The van der Waals surface area contributed by atoms with Crippen molar-refractivity contribution in [1.29, 1.82) is 0 Å². The molecule has 2 unspecified atom stereocenters. The fourth-order valence-corrected chi connectivity index (χ4v) is 4.25. The van der Waals surface area contributed by atoms with E-state index in [1.54, 1.807) is 30.0 Å². The minimum atomic E-state index is -0.150. The maximum absolute atomic E-state index is 12.1. The Kier molecular flexibility index (Phi) is 4.03. The smallest absolute Gasteiger partial charge is 0.258 e. The van der Waals surface area contributed by atoms with Crippen molar-refractivity contribution in [2.75, 3.05) is 0 Å². The van der Waals surface area contributed by atoms with E-state index in [-0.39, 0.29) is 5.56 Å². The van der Waals surface area contributed by atoms with Crippen LogP contribution in [0, 0.1) is 0 Å². The minimum absolute atomic E-state index is 0.150. The Morgan fingerprint density at radius 3 is 3.04 bits per heavy atom. The number of aromatic amines is 1. The van der Waals surface area contributed by atoms with Gasteiger partial charge in [0.05, 0.1) is 28.7 Å². The molecule has 1 saturated carbocycles. The predicted molar refractivity (Wildman–Crippen MR) is 95.3 cm³/mol. The number of thioether (sulfide) groups is 1. The van der Waals surface area contributed by atoms with Gasteiger partial charge in [-0.3, -0.25) is 9.79 Å². The summed E-state index contributed by atoms with van der Waals surface area (Å²) in [7, 11) is 0. The van der Waals surface area contributed by atoms with Crippen LogP contribution in [-0.4, -0.2) is 27.2 Å². The zero-order chi connectivity index (χ0) is 15.8. The first-order chi connectivity index (χ1) is 11.2. The van der Waals surface area contributed by atoms with E-state index in [9.17, 15) is 4.79 Å². The Hall–Kier alpha value is -1.53. The van der Waals surface area contributed by atoms with Crippen molar-refractivity contribution in [3.05, 3.63) is 39.4 Å². The second kappa shape index (κ2) is 6.17. The molecule has 2 atom stereocenters. The van der Waals surface area contributed by atoms with Crippen LogP contribution in [0.2, 0.25) is 5.02 Å². The van der Waals surface area contributed by atoms with Gasteiger partial charge in [0.2, 0.25) is 0 Å². The quantitative estimate of drug-likeness (QED) is 0.875. The highest BCUT2D eigenvalue weighted by atomic mass is 35.5. The second-order valence-corrected chi connectivity index (χ2v) is 7.40. The molecule has 2 N–H and O–H groups in total. The number of nitrogens with one attached hydrogen (secondary N) is 2. The Balaban J connectivity index is 1.50. The Labute approximate surface area is 142 Å². The van der Waals surface area contributed by atoms with Crippen molar-refractivity contribution in [2.24, 2.45) is 4.99 Å². The number of rotatable bonds is 2. The van der Waals surface area contributed by atoms with Gasteiger partial charge in [-0.2, -0.15) is 0 Å². The second-order valence-electron chi connectivity index (χ2n) is 6.00. The summed E-state index contributed by atoms with van der Waals surface area (Å²) in [4.78, 5) is 24.2. The van der Waals surface area contributed by atoms with E-state index in [0.717, 1.165) is 5.17 Å². The summed E-state index contributed by atoms with van der Waals surface area (Å²) in [5.74, 6) is 1.26. The van der Waals surface area contributed by atoms with Crippen LogP contribution < -0.4 is 10.9 Å². The fourth-order valence-electron chi connectivity index (χ4n) is 3.22. The lowest BCUT2D eigenvalue weighted by Gasteiger charge is -2.23. The molecule has 4 rings (SSSR count). The molecule has 23 heavy (non-hydrogen) atoms. The van der Waals surface area contributed by atoms with Gasteiger partial charge in [-0.05, 0) is 31.0 Å². The van der Waals surface area contributed by atoms with E-state index in [4.69, 9.17) is 16.6 Å². The van der Waals surface area contributed by atoms with Gasteiger partial charge in [-0.15, -0.1) is 0 Å². The minimum Gasteiger partial charge on any atom is -0.360 e. The zero-order valence-electron chi connectivity index (χ0n) is 12.5. The number of benzene rings is 1. The number of amidine groups is 1. The summed E-state index contributed by atoms with van der Waals surface area (Å²) in [5, 5.41) is 5.53. The third-order valence-corrected chi connectivity index (χ3v) is 5.53. The maximum Gasteiger partial charge on any atom is 0.258 e. The number of nitrogens with zero attached hydrogens (tertiary/aromatic N) is 2. The largest absolute Gasteiger partial charge is 0.360 e. The van der Waals surface area contributed by atoms with Gasteiger partial charge in [-0.25, -0.2) is 4.98 Å². The molecule has 120 valence electrons. The van der Waals surface area contributed by atoms with Crippen LogP contribution in [0.15, 0.2) is 28.0 Å². The number of hydrogen-bond donors (Lipinski definition) is 2. The van der Waals surface area contributed by atoms with Crippen molar-refractivity contribution in [1.82, 2.24) is 15.3 Å². The first kappa shape index (κ1) is 15.0. The van der Waals surface area contributed by atoms with Crippen molar-refractivity contribution < 1.29 is 0 Å². The highest BCUT2D eigenvalue weighted by molar-refractivity contribution is 8.13. The zero-order valence-corrected chi connectivity index (χ0v) is 14.1. The Morgan fingerprint density at radius 1 is 1.30 bits per heavy atom. The highest BCUT2D eigenvalue weighted by Crippen LogP contribution is 2.27. The van der Waals surface area contributed by atoms with E-state index in [1.165, 1.54) is 25.7 Å².